The molecule has 0 atom stereocenters. The quantitative estimate of drug-likeness (QED) is 0.472. The first kappa shape index (κ1) is 18.0. The van der Waals surface area contributed by atoms with Gasteiger partial charge in [0.2, 0.25) is 0 Å². The number of esters is 1. The highest BCUT2D eigenvalue weighted by molar-refractivity contribution is 7.12. The minimum absolute atomic E-state index is 0.267. The number of aryl methyl sites for hydroxylation is 4. The van der Waals surface area contributed by atoms with E-state index in [-0.39, 0.29) is 5.97 Å². The van der Waals surface area contributed by atoms with E-state index in [4.69, 9.17) is 4.74 Å². The van der Waals surface area contributed by atoms with Gasteiger partial charge >= 0.3 is 5.97 Å². The second kappa shape index (κ2) is 6.95. The lowest BCUT2D eigenvalue weighted by Crippen LogP contribution is -1.98. The number of rotatable bonds is 3. The molecule has 4 rings (SSSR count). The van der Waals surface area contributed by atoms with Gasteiger partial charge in [-0.3, -0.25) is 0 Å². The summed E-state index contributed by atoms with van der Waals surface area (Å²) in [4.78, 5) is 17.7. The predicted molar refractivity (Wildman–Crippen MR) is 115 cm³/mol. The summed E-state index contributed by atoms with van der Waals surface area (Å²) in [6, 6.07) is 14.2. The van der Waals surface area contributed by atoms with E-state index in [1.165, 1.54) is 14.6 Å². The fourth-order valence-corrected chi connectivity index (χ4v) is 5.36. The summed E-state index contributed by atoms with van der Waals surface area (Å²) >= 11 is 3.46. The molecule has 0 fully saturated rings. The number of carbonyl (C=O) groups is 1. The van der Waals surface area contributed by atoms with Gasteiger partial charge in [-0.25, -0.2) is 4.79 Å². The van der Waals surface area contributed by atoms with Crippen LogP contribution in [0.1, 0.15) is 36.2 Å². The molecule has 3 heterocycles. The summed E-state index contributed by atoms with van der Waals surface area (Å²) in [5.74, 6) is 0.363. The number of benzene rings is 1. The molecule has 0 radical (unpaired) electrons. The zero-order valence-electron chi connectivity index (χ0n) is 15.8. The molecule has 0 N–H and O–H groups in total. The van der Waals surface area contributed by atoms with Gasteiger partial charge in [0.05, 0.1) is 5.57 Å². The van der Waals surface area contributed by atoms with Gasteiger partial charge in [-0.2, -0.15) is 0 Å². The van der Waals surface area contributed by atoms with Crippen molar-refractivity contribution >= 4 is 45.9 Å². The molecule has 0 aliphatic carbocycles. The summed E-state index contributed by atoms with van der Waals surface area (Å²) in [7, 11) is 0. The lowest BCUT2D eigenvalue weighted by molar-refractivity contribution is -0.131. The van der Waals surface area contributed by atoms with Gasteiger partial charge in [0.1, 0.15) is 5.76 Å². The van der Waals surface area contributed by atoms with E-state index in [1.807, 2.05) is 36.4 Å². The van der Waals surface area contributed by atoms with Crippen molar-refractivity contribution in [2.24, 2.45) is 0 Å². The topological polar surface area (TPSA) is 26.3 Å². The Bertz CT molecular complexity index is 1090. The number of cyclic esters (lactones) is 1. The molecule has 0 spiro atoms. The van der Waals surface area contributed by atoms with E-state index in [0.717, 1.165) is 27.1 Å². The Balaban J connectivity index is 1.99. The van der Waals surface area contributed by atoms with Crippen LogP contribution < -0.4 is 0 Å². The molecule has 1 aromatic carbocycles. The molecular weight excluding hydrogens is 372 g/mol. The van der Waals surface area contributed by atoms with E-state index in [2.05, 4.69) is 39.8 Å². The number of hydrogen-bond donors (Lipinski definition) is 0. The predicted octanol–water partition coefficient (Wildman–Crippen LogP) is 6.55. The molecule has 1 aliphatic heterocycles. The molecule has 0 unspecified atom stereocenters. The molecule has 2 nitrogen and oxygen atoms in total. The van der Waals surface area contributed by atoms with Crippen molar-refractivity contribution in [2.45, 2.75) is 27.7 Å². The van der Waals surface area contributed by atoms with Crippen LogP contribution in [0.4, 0.5) is 0 Å². The maximum absolute atomic E-state index is 12.9. The van der Waals surface area contributed by atoms with Crippen LogP contribution >= 0.6 is 22.7 Å². The third kappa shape index (κ3) is 3.31. The standard InChI is InChI=1S/C23H20O2S2/c1-13-10-18(15(3)26-13)21-20(12-17-8-6-5-7-9-17)25-23(24)22(21)19-11-14(2)27-16(19)4/h5-12H,1-4H3. The van der Waals surface area contributed by atoms with Crippen LogP contribution in [-0.4, -0.2) is 5.97 Å². The first-order valence-electron chi connectivity index (χ1n) is 8.82. The molecule has 3 aromatic rings. The molecule has 0 saturated heterocycles. The van der Waals surface area contributed by atoms with Gasteiger partial charge in [0.25, 0.3) is 0 Å². The zero-order valence-corrected chi connectivity index (χ0v) is 17.4. The van der Waals surface area contributed by atoms with Crippen molar-refractivity contribution in [1.82, 2.24) is 0 Å². The molecule has 1 aliphatic rings. The second-order valence-corrected chi connectivity index (χ2v) is 9.63. The molecular formula is C23H20O2S2. The van der Waals surface area contributed by atoms with Crippen molar-refractivity contribution in [3.63, 3.8) is 0 Å². The van der Waals surface area contributed by atoms with Gasteiger partial charge < -0.3 is 4.74 Å². The van der Waals surface area contributed by atoms with Crippen LogP contribution in [0.5, 0.6) is 0 Å². The Labute approximate surface area is 167 Å². The third-order valence-corrected chi connectivity index (χ3v) is 6.55. The number of ether oxygens (including phenoxy) is 1. The van der Waals surface area contributed by atoms with Crippen LogP contribution in [0.3, 0.4) is 0 Å². The second-order valence-electron chi connectivity index (χ2n) is 6.71. The fraction of sp³-hybridized carbons (Fsp3) is 0.174. The highest BCUT2D eigenvalue weighted by Crippen LogP contribution is 2.45. The summed E-state index contributed by atoms with van der Waals surface area (Å²) in [5, 5.41) is 0. The lowest BCUT2D eigenvalue weighted by Gasteiger charge is -2.06. The maximum Gasteiger partial charge on any atom is 0.344 e. The largest absolute Gasteiger partial charge is 0.422 e. The van der Waals surface area contributed by atoms with Crippen LogP contribution in [-0.2, 0) is 9.53 Å². The van der Waals surface area contributed by atoms with Crippen LogP contribution in [0.15, 0.2) is 48.2 Å². The summed E-state index contributed by atoms with van der Waals surface area (Å²) < 4.78 is 5.79. The fourth-order valence-electron chi connectivity index (χ4n) is 3.50. The van der Waals surface area contributed by atoms with Crippen LogP contribution in [0.2, 0.25) is 0 Å². The van der Waals surface area contributed by atoms with Crippen molar-refractivity contribution in [3.05, 3.63) is 84.4 Å². The molecule has 4 heteroatoms. The van der Waals surface area contributed by atoms with Gasteiger partial charge in [-0.1, -0.05) is 30.3 Å². The first-order valence-corrected chi connectivity index (χ1v) is 10.5. The number of hydrogen-bond acceptors (Lipinski definition) is 4. The van der Waals surface area contributed by atoms with E-state index in [1.54, 1.807) is 22.7 Å². The summed E-state index contributed by atoms with van der Waals surface area (Å²) in [6.45, 7) is 8.34. The smallest absolute Gasteiger partial charge is 0.344 e. The van der Waals surface area contributed by atoms with E-state index in [0.29, 0.717) is 11.3 Å². The Morgan fingerprint density at radius 1 is 0.815 bits per heavy atom. The molecule has 27 heavy (non-hydrogen) atoms. The summed E-state index contributed by atoms with van der Waals surface area (Å²) in [5.41, 5.74) is 4.68. The van der Waals surface area contributed by atoms with Crippen molar-refractivity contribution in [1.29, 1.82) is 0 Å². The number of allylic oxidation sites excluding steroid dienone is 1. The lowest BCUT2D eigenvalue weighted by atomic mass is 9.94. The normalized spacial score (nSPS) is 15.7. The van der Waals surface area contributed by atoms with E-state index < -0.39 is 0 Å². The van der Waals surface area contributed by atoms with Crippen molar-refractivity contribution < 1.29 is 9.53 Å². The summed E-state index contributed by atoms with van der Waals surface area (Å²) in [6.07, 6.45) is 1.96. The first-order chi connectivity index (χ1) is 12.9. The molecule has 2 aromatic heterocycles. The molecule has 0 bridgehead atoms. The Hall–Kier alpha value is -2.43. The average molecular weight is 393 g/mol. The van der Waals surface area contributed by atoms with E-state index >= 15 is 0 Å². The maximum atomic E-state index is 12.9. The van der Waals surface area contributed by atoms with Crippen LogP contribution in [0, 0.1) is 27.7 Å². The van der Waals surface area contributed by atoms with Gasteiger partial charge in [0.15, 0.2) is 0 Å². The minimum atomic E-state index is -0.267. The Morgan fingerprint density at radius 2 is 1.37 bits per heavy atom. The molecule has 0 amide bonds. The van der Waals surface area contributed by atoms with Crippen molar-refractivity contribution in [3.8, 4) is 0 Å². The van der Waals surface area contributed by atoms with Crippen LogP contribution in [0.25, 0.3) is 17.2 Å². The monoisotopic (exact) mass is 392 g/mol. The number of thiophene rings is 2. The van der Waals surface area contributed by atoms with Gasteiger partial charge in [0, 0.05) is 36.2 Å². The van der Waals surface area contributed by atoms with Gasteiger partial charge in [-0.05, 0) is 51.5 Å². The highest BCUT2D eigenvalue weighted by Gasteiger charge is 2.34. The minimum Gasteiger partial charge on any atom is -0.422 e. The molecule has 0 saturated carbocycles. The van der Waals surface area contributed by atoms with Gasteiger partial charge in [-0.15, -0.1) is 22.7 Å². The number of carbonyl (C=O) groups excluding carboxylic acids is 1. The molecule has 136 valence electrons. The zero-order chi connectivity index (χ0) is 19.1. The van der Waals surface area contributed by atoms with Crippen molar-refractivity contribution in [2.75, 3.05) is 0 Å². The average Bonchev–Trinajstić information content (AvgIpc) is 3.23. The Kier molecular flexibility index (Phi) is 4.62. The van der Waals surface area contributed by atoms with E-state index in [9.17, 15) is 4.79 Å². The SMILES string of the molecule is Cc1cc(C2=C(c3cc(C)sc3C)C(=Cc3ccccc3)OC2=O)c(C)s1. The third-order valence-electron chi connectivity index (χ3n) is 4.62. The Morgan fingerprint density at radius 3 is 1.89 bits per heavy atom. The highest BCUT2D eigenvalue weighted by atomic mass is 32.1.